The van der Waals surface area contributed by atoms with Gasteiger partial charge in [0, 0.05) is 58.5 Å². The van der Waals surface area contributed by atoms with Crippen LogP contribution in [0.1, 0.15) is 0 Å². The zero-order valence-electron chi connectivity index (χ0n) is 9.84. The third-order valence-electron chi connectivity index (χ3n) is 2.75. The fourth-order valence-electron chi connectivity index (χ4n) is 1.98. The third kappa shape index (κ3) is 1.78. The van der Waals surface area contributed by atoms with Gasteiger partial charge in [0.25, 0.3) is 0 Å². The second kappa shape index (κ2) is 4.10. The van der Waals surface area contributed by atoms with Gasteiger partial charge in [-0.15, -0.1) is 0 Å². The van der Waals surface area contributed by atoms with Crippen molar-refractivity contribution in [2.75, 3.05) is 0 Å². The largest absolute Gasteiger partial charge is 0.355 e. The summed E-state index contributed by atoms with van der Waals surface area (Å²) in [7, 11) is 4.17. The molecule has 0 fully saturated rings. The van der Waals surface area contributed by atoms with Crippen molar-refractivity contribution in [3.05, 3.63) is 33.3 Å². The van der Waals surface area contributed by atoms with E-state index >= 15 is 0 Å². The minimum Gasteiger partial charge on any atom is -0.355 e. The highest BCUT2D eigenvalue weighted by Gasteiger charge is 2.28. The van der Waals surface area contributed by atoms with Crippen molar-refractivity contribution in [1.29, 1.82) is 0 Å². The summed E-state index contributed by atoms with van der Waals surface area (Å²) < 4.78 is 7.15. The van der Waals surface area contributed by atoms with Gasteiger partial charge in [0.15, 0.2) is 0 Å². The van der Waals surface area contributed by atoms with Gasteiger partial charge >= 0.3 is 0 Å². The number of fused-ring (bicyclic) bond motifs is 2. The second-order valence-corrected chi connectivity index (χ2v) is 9.01. The minimum absolute atomic E-state index is 1.39. The summed E-state index contributed by atoms with van der Waals surface area (Å²) in [6.07, 6.45) is 8.83. The highest BCUT2D eigenvalue weighted by atomic mass is 32.2. The standard InChI is InChI=1S/C12H10N2S4/c1-13-3-7-8(4-13)16-11(15-7)12-17-9-5-14(2)6-10(9)18-12/h3-6H,1-2H3. The van der Waals surface area contributed by atoms with E-state index < -0.39 is 0 Å². The van der Waals surface area contributed by atoms with E-state index in [1.165, 1.54) is 28.1 Å². The van der Waals surface area contributed by atoms with Gasteiger partial charge in [0.2, 0.25) is 0 Å². The minimum atomic E-state index is 1.39. The molecule has 4 rings (SSSR count). The van der Waals surface area contributed by atoms with E-state index in [0.717, 1.165) is 0 Å². The number of hydrogen-bond acceptors (Lipinski definition) is 4. The molecular weight excluding hydrogens is 300 g/mol. The van der Waals surface area contributed by atoms with E-state index in [-0.39, 0.29) is 0 Å². The van der Waals surface area contributed by atoms with Crippen LogP contribution < -0.4 is 0 Å². The molecule has 0 aromatic carbocycles. The molecule has 18 heavy (non-hydrogen) atoms. The molecule has 0 saturated heterocycles. The Labute approximate surface area is 123 Å². The van der Waals surface area contributed by atoms with Gasteiger partial charge in [-0.1, -0.05) is 47.0 Å². The molecule has 2 aliphatic rings. The molecule has 2 aromatic rings. The Morgan fingerprint density at radius 2 is 0.889 bits per heavy atom. The van der Waals surface area contributed by atoms with Crippen LogP contribution >= 0.6 is 47.0 Å². The third-order valence-corrected chi connectivity index (χ3v) is 8.26. The first-order valence-electron chi connectivity index (χ1n) is 5.46. The van der Waals surface area contributed by atoms with Crippen molar-refractivity contribution in [3.63, 3.8) is 0 Å². The number of hydrogen-bond donors (Lipinski definition) is 0. The highest BCUT2D eigenvalue weighted by Crippen LogP contribution is 2.61. The van der Waals surface area contributed by atoms with Crippen LogP contribution in [0, 0.1) is 0 Å². The number of aryl methyl sites for hydroxylation is 2. The SMILES string of the molecule is Cn1cc2c(c1)SC(=C1Sc3cn(C)cc3S1)S2. The lowest BCUT2D eigenvalue weighted by Gasteiger charge is -2.01. The molecule has 0 atom stereocenters. The number of thioether (sulfide) groups is 4. The summed E-state index contributed by atoms with van der Waals surface area (Å²) in [6.45, 7) is 0. The molecule has 0 amide bonds. The zero-order chi connectivity index (χ0) is 12.3. The number of nitrogens with zero attached hydrogens (tertiary/aromatic N) is 2. The van der Waals surface area contributed by atoms with Crippen LogP contribution in [0.2, 0.25) is 0 Å². The molecule has 2 aromatic heterocycles. The molecule has 2 aliphatic heterocycles. The fourth-order valence-corrected chi connectivity index (χ4v) is 7.52. The molecule has 0 bridgehead atoms. The first kappa shape index (κ1) is 11.5. The lowest BCUT2D eigenvalue weighted by Crippen LogP contribution is -1.79. The Balaban J connectivity index is 1.65. The molecule has 2 nitrogen and oxygen atoms in total. The lowest BCUT2D eigenvalue weighted by molar-refractivity contribution is 0.916. The second-order valence-electron chi connectivity index (χ2n) is 4.29. The van der Waals surface area contributed by atoms with Crippen LogP contribution in [0.25, 0.3) is 0 Å². The summed E-state index contributed by atoms with van der Waals surface area (Å²) in [5.41, 5.74) is 0. The molecule has 0 saturated carbocycles. The van der Waals surface area contributed by atoms with Crippen LogP contribution in [0.5, 0.6) is 0 Å². The Morgan fingerprint density at radius 1 is 0.611 bits per heavy atom. The molecule has 0 unspecified atom stereocenters. The van der Waals surface area contributed by atoms with Crippen molar-refractivity contribution in [1.82, 2.24) is 9.13 Å². The van der Waals surface area contributed by atoms with Crippen LogP contribution in [0.3, 0.4) is 0 Å². The van der Waals surface area contributed by atoms with Gasteiger partial charge in [0.05, 0.1) is 8.47 Å². The topological polar surface area (TPSA) is 9.86 Å². The molecule has 92 valence electrons. The van der Waals surface area contributed by atoms with E-state index in [1.807, 2.05) is 47.0 Å². The van der Waals surface area contributed by atoms with Crippen molar-refractivity contribution in [3.8, 4) is 0 Å². The molecule has 0 N–H and O–H groups in total. The monoisotopic (exact) mass is 310 g/mol. The maximum absolute atomic E-state index is 2.21. The van der Waals surface area contributed by atoms with Crippen LogP contribution in [0.15, 0.2) is 52.8 Å². The average Bonchev–Trinajstić information content (AvgIpc) is 2.94. The average molecular weight is 310 g/mol. The van der Waals surface area contributed by atoms with E-state index in [4.69, 9.17) is 0 Å². The molecular formula is C12H10N2S4. The summed E-state index contributed by atoms with van der Waals surface area (Å²) in [5, 5.41) is 0. The van der Waals surface area contributed by atoms with E-state index in [0.29, 0.717) is 0 Å². The quantitative estimate of drug-likeness (QED) is 0.704. The smallest absolute Gasteiger partial charge is 0.0707 e. The summed E-state index contributed by atoms with van der Waals surface area (Å²) >= 11 is 7.62. The van der Waals surface area contributed by atoms with Gasteiger partial charge < -0.3 is 9.13 Å². The van der Waals surface area contributed by atoms with Gasteiger partial charge in [-0.25, -0.2) is 0 Å². The lowest BCUT2D eigenvalue weighted by atomic mass is 10.7. The van der Waals surface area contributed by atoms with E-state index in [1.54, 1.807) is 0 Å². The Morgan fingerprint density at radius 3 is 1.17 bits per heavy atom. The summed E-state index contributed by atoms with van der Waals surface area (Å²) in [6, 6.07) is 0. The normalized spacial score (nSPS) is 17.4. The predicted octanol–water partition coefficient (Wildman–Crippen LogP) is 4.59. The van der Waals surface area contributed by atoms with E-state index in [2.05, 4.69) is 48.0 Å². The van der Waals surface area contributed by atoms with E-state index in [9.17, 15) is 0 Å². The van der Waals surface area contributed by atoms with Crippen molar-refractivity contribution in [2.45, 2.75) is 19.6 Å². The maximum Gasteiger partial charge on any atom is 0.0707 e. The van der Waals surface area contributed by atoms with Crippen molar-refractivity contribution in [2.24, 2.45) is 14.1 Å². The Kier molecular flexibility index (Phi) is 2.62. The first-order valence-corrected chi connectivity index (χ1v) is 8.73. The molecule has 6 heteroatoms. The highest BCUT2D eigenvalue weighted by molar-refractivity contribution is 8.30. The van der Waals surface area contributed by atoms with Crippen LogP contribution in [-0.2, 0) is 14.1 Å². The van der Waals surface area contributed by atoms with Gasteiger partial charge in [-0.05, 0) is 0 Å². The fraction of sp³-hybridized carbons (Fsp3) is 0.167. The molecule has 0 aliphatic carbocycles. The van der Waals surface area contributed by atoms with Crippen molar-refractivity contribution < 1.29 is 0 Å². The van der Waals surface area contributed by atoms with Crippen molar-refractivity contribution >= 4 is 47.0 Å². The molecule has 4 heterocycles. The summed E-state index contributed by atoms with van der Waals surface area (Å²) in [4.78, 5) is 5.57. The Bertz CT molecular complexity index is 571. The zero-order valence-corrected chi connectivity index (χ0v) is 13.1. The van der Waals surface area contributed by atoms with Gasteiger partial charge in [-0.3, -0.25) is 0 Å². The van der Waals surface area contributed by atoms with Crippen LogP contribution in [-0.4, -0.2) is 9.13 Å². The predicted molar refractivity (Wildman–Crippen MR) is 81.3 cm³/mol. The van der Waals surface area contributed by atoms with Gasteiger partial charge in [-0.2, -0.15) is 0 Å². The number of aromatic nitrogens is 2. The molecule has 0 spiro atoms. The first-order chi connectivity index (χ1) is 8.69. The van der Waals surface area contributed by atoms with Gasteiger partial charge in [0.1, 0.15) is 0 Å². The van der Waals surface area contributed by atoms with Crippen LogP contribution in [0.4, 0.5) is 0 Å². The maximum atomic E-state index is 2.21. The Hall–Kier alpha value is -0.300. The number of rotatable bonds is 0. The molecule has 0 radical (unpaired) electrons. The summed E-state index contributed by atoms with van der Waals surface area (Å²) in [5.74, 6) is 0.